The number of hydrogen-bond donors (Lipinski definition) is 1. The Balaban J connectivity index is 1.35. The number of para-hydroxylation sites is 1. The minimum Gasteiger partial charge on any atom is -0.347 e. The average molecular weight is 396 g/mol. The highest BCUT2D eigenvalue weighted by molar-refractivity contribution is 5.96. The van der Waals surface area contributed by atoms with Crippen LogP contribution in [0.25, 0.3) is 0 Å². The molecular weight excluding hydrogens is 366 g/mol. The second-order valence-corrected chi connectivity index (χ2v) is 8.12. The molecule has 154 valence electrons. The van der Waals surface area contributed by atoms with Gasteiger partial charge in [0.15, 0.2) is 0 Å². The van der Waals surface area contributed by atoms with Crippen molar-refractivity contribution < 1.29 is 9.59 Å². The van der Waals surface area contributed by atoms with Crippen molar-refractivity contribution in [3.63, 3.8) is 0 Å². The van der Waals surface area contributed by atoms with Crippen LogP contribution in [-0.4, -0.2) is 58.7 Å². The molecule has 2 aliphatic heterocycles. The van der Waals surface area contributed by atoms with Gasteiger partial charge < -0.3 is 10.2 Å². The van der Waals surface area contributed by atoms with Crippen LogP contribution < -0.4 is 10.2 Å². The number of nitrogens with one attached hydrogen (secondary N) is 1. The summed E-state index contributed by atoms with van der Waals surface area (Å²) in [7, 11) is 1.83. The largest absolute Gasteiger partial charge is 0.347 e. The molecule has 0 saturated carbocycles. The molecule has 0 aliphatic carbocycles. The van der Waals surface area contributed by atoms with E-state index < -0.39 is 0 Å². The Morgan fingerprint density at radius 3 is 2.83 bits per heavy atom. The summed E-state index contributed by atoms with van der Waals surface area (Å²) in [6.45, 7) is 4.68. The fourth-order valence-electron chi connectivity index (χ4n) is 4.32. The summed E-state index contributed by atoms with van der Waals surface area (Å²) < 4.78 is 1.71. The van der Waals surface area contributed by atoms with Gasteiger partial charge in [-0.05, 0) is 56.8 Å². The molecule has 2 aliphatic rings. The lowest BCUT2D eigenvalue weighted by molar-refractivity contribution is -0.120. The SMILES string of the molecule is Cc1cc(C(=O)NC2CCCN(CC(=O)N3CCCc4ccccc43)C2)nn1C. The Morgan fingerprint density at radius 2 is 2.03 bits per heavy atom. The van der Waals surface area contributed by atoms with Gasteiger partial charge in [0, 0.05) is 37.6 Å². The second-order valence-electron chi connectivity index (χ2n) is 8.12. The van der Waals surface area contributed by atoms with Crippen molar-refractivity contribution in [1.82, 2.24) is 20.0 Å². The zero-order valence-electron chi connectivity index (χ0n) is 17.2. The van der Waals surface area contributed by atoms with Gasteiger partial charge in [0.05, 0.1) is 6.54 Å². The summed E-state index contributed by atoms with van der Waals surface area (Å²) in [5.41, 5.74) is 3.70. The van der Waals surface area contributed by atoms with Gasteiger partial charge >= 0.3 is 0 Å². The van der Waals surface area contributed by atoms with Crippen LogP contribution in [-0.2, 0) is 18.3 Å². The smallest absolute Gasteiger partial charge is 0.272 e. The molecule has 7 nitrogen and oxygen atoms in total. The van der Waals surface area contributed by atoms with E-state index in [4.69, 9.17) is 0 Å². The van der Waals surface area contributed by atoms with Crippen molar-refractivity contribution in [3.8, 4) is 0 Å². The number of aryl methyl sites for hydroxylation is 3. The van der Waals surface area contributed by atoms with Crippen molar-refractivity contribution in [2.24, 2.45) is 7.05 Å². The van der Waals surface area contributed by atoms with Gasteiger partial charge in [-0.2, -0.15) is 5.10 Å². The minimum atomic E-state index is -0.142. The van der Waals surface area contributed by atoms with Crippen LogP contribution in [0.2, 0.25) is 0 Å². The molecule has 0 radical (unpaired) electrons. The molecule has 0 bridgehead atoms. The van der Waals surface area contributed by atoms with E-state index in [1.165, 1.54) is 5.56 Å². The Labute approximate surface area is 171 Å². The van der Waals surface area contributed by atoms with Crippen LogP contribution in [0.5, 0.6) is 0 Å². The third-order valence-electron chi connectivity index (χ3n) is 5.96. The van der Waals surface area contributed by atoms with Gasteiger partial charge in [0.2, 0.25) is 5.91 Å². The highest BCUT2D eigenvalue weighted by Gasteiger charge is 2.27. The number of fused-ring (bicyclic) bond motifs is 1. The monoisotopic (exact) mass is 395 g/mol. The van der Waals surface area contributed by atoms with Crippen molar-refractivity contribution in [2.45, 2.75) is 38.6 Å². The van der Waals surface area contributed by atoms with Gasteiger partial charge in [0.25, 0.3) is 5.91 Å². The minimum absolute atomic E-state index is 0.0417. The van der Waals surface area contributed by atoms with Crippen molar-refractivity contribution >= 4 is 17.5 Å². The van der Waals surface area contributed by atoms with E-state index >= 15 is 0 Å². The predicted molar refractivity (Wildman–Crippen MR) is 112 cm³/mol. The van der Waals surface area contributed by atoms with Crippen molar-refractivity contribution in [1.29, 1.82) is 0 Å². The molecule has 1 aromatic carbocycles. The Morgan fingerprint density at radius 1 is 1.21 bits per heavy atom. The number of anilines is 1. The van der Waals surface area contributed by atoms with Gasteiger partial charge in [-0.3, -0.25) is 19.2 Å². The number of likely N-dealkylation sites (tertiary alicyclic amines) is 1. The van der Waals surface area contributed by atoms with Crippen LogP contribution in [0.1, 0.15) is 41.0 Å². The molecule has 2 aromatic rings. The molecule has 0 spiro atoms. The molecule has 1 saturated heterocycles. The number of rotatable bonds is 4. The molecule has 1 aromatic heterocycles. The van der Waals surface area contributed by atoms with E-state index in [9.17, 15) is 9.59 Å². The lowest BCUT2D eigenvalue weighted by Crippen LogP contribution is -2.51. The van der Waals surface area contributed by atoms with E-state index in [0.717, 1.165) is 50.2 Å². The third kappa shape index (κ3) is 4.34. The highest BCUT2D eigenvalue weighted by Crippen LogP contribution is 2.27. The first-order chi connectivity index (χ1) is 14.0. The first kappa shape index (κ1) is 19.6. The lowest BCUT2D eigenvalue weighted by atomic mass is 10.0. The Bertz CT molecular complexity index is 887. The summed E-state index contributed by atoms with van der Waals surface area (Å²) in [6, 6.07) is 10.0. The number of carbonyl (C=O) groups excluding carboxylic acids is 2. The van der Waals surface area contributed by atoms with Gasteiger partial charge in [-0.15, -0.1) is 0 Å². The van der Waals surface area contributed by atoms with E-state index in [0.29, 0.717) is 18.8 Å². The fourth-order valence-corrected chi connectivity index (χ4v) is 4.32. The molecule has 1 N–H and O–H groups in total. The number of benzene rings is 1. The maximum Gasteiger partial charge on any atom is 0.272 e. The van der Waals surface area contributed by atoms with Gasteiger partial charge in [-0.25, -0.2) is 0 Å². The lowest BCUT2D eigenvalue weighted by Gasteiger charge is -2.35. The molecule has 3 heterocycles. The number of piperidine rings is 1. The standard InChI is InChI=1S/C22H29N5O2/c1-16-13-19(24-25(16)2)22(29)23-18-9-6-11-26(14-18)15-21(28)27-12-5-8-17-7-3-4-10-20(17)27/h3-4,7,10,13,18H,5-6,8-9,11-12,14-15H2,1-2H3,(H,23,29). The van der Waals surface area contributed by atoms with Crippen molar-refractivity contribution in [2.75, 3.05) is 31.1 Å². The summed E-state index contributed by atoms with van der Waals surface area (Å²) in [5, 5.41) is 7.35. The quantitative estimate of drug-likeness (QED) is 0.859. The number of carbonyl (C=O) groups is 2. The topological polar surface area (TPSA) is 70.5 Å². The van der Waals surface area contributed by atoms with E-state index in [-0.39, 0.29) is 17.9 Å². The summed E-state index contributed by atoms with van der Waals surface area (Å²) >= 11 is 0. The van der Waals surface area contributed by atoms with Crippen LogP contribution >= 0.6 is 0 Å². The fraction of sp³-hybridized carbons (Fsp3) is 0.500. The molecule has 7 heteroatoms. The molecule has 1 fully saturated rings. The summed E-state index contributed by atoms with van der Waals surface area (Å²) in [4.78, 5) is 29.6. The normalized spacial score (nSPS) is 19.7. The van der Waals surface area contributed by atoms with E-state index in [1.807, 2.05) is 37.1 Å². The van der Waals surface area contributed by atoms with Gasteiger partial charge in [-0.1, -0.05) is 18.2 Å². The van der Waals surface area contributed by atoms with Crippen molar-refractivity contribution in [3.05, 3.63) is 47.3 Å². The third-order valence-corrected chi connectivity index (χ3v) is 5.96. The predicted octanol–water partition coefficient (Wildman–Crippen LogP) is 1.90. The number of aromatic nitrogens is 2. The maximum atomic E-state index is 13.0. The maximum absolute atomic E-state index is 13.0. The van der Waals surface area contributed by atoms with Gasteiger partial charge in [0.1, 0.15) is 5.69 Å². The van der Waals surface area contributed by atoms with Crippen LogP contribution in [0.15, 0.2) is 30.3 Å². The molecular formula is C22H29N5O2. The second kappa shape index (κ2) is 8.37. The summed E-state index contributed by atoms with van der Waals surface area (Å²) in [5.74, 6) is 0.00121. The van der Waals surface area contributed by atoms with E-state index in [2.05, 4.69) is 21.4 Å². The average Bonchev–Trinajstić information content (AvgIpc) is 3.06. The molecule has 1 unspecified atom stereocenters. The van der Waals surface area contributed by atoms with Crippen LogP contribution in [0.4, 0.5) is 5.69 Å². The van der Waals surface area contributed by atoms with Crippen LogP contribution in [0, 0.1) is 6.92 Å². The van der Waals surface area contributed by atoms with Crippen LogP contribution in [0.3, 0.4) is 0 Å². The molecule has 29 heavy (non-hydrogen) atoms. The molecule has 4 rings (SSSR count). The number of nitrogens with zero attached hydrogens (tertiary/aromatic N) is 4. The Kier molecular flexibility index (Phi) is 5.67. The molecule has 2 amide bonds. The summed E-state index contributed by atoms with van der Waals surface area (Å²) in [6.07, 6.45) is 3.93. The zero-order valence-corrected chi connectivity index (χ0v) is 17.2. The van der Waals surface area contributed by atoms with E-state index in [1.54, 1.807) is 10.7 Å². The zero-order chi connectivity index (χ0) is 20.4. The first-order valence-electron chi connectivity index (χ1n) is 10.4. The number of amides is 2. The first-order valence-corrected chi connectivity index (χ1v) is 10.4. The Hall–Kier alpha value is -2.67. The highest BCUT2D eigenvalue weighted by atomic mass is 16.2. The molecule has 1 atom stereocenters. The number of hydrogen-bond acceptors (Lipinski definition) is 4.